The van der Waals surface area contributed by atoms with Crippen LogP contribution in [0.25, 0.3) is 11.1 Å². The first-order valence-electron chi connectivity index (χ1n) is 16.2. The third kappa shape index (κ3) is 7.32. The largest absolute Gasteiger partial charge is 0.481 e. The van der Waals surface area contributed by atoms with Crippen LogP contribution in [0.4, 0.5) is 10.5 Å². The van der Waals surface area contributed by atoms with Crippen LogP contribution in [0.3, 0.4) is 0 Å². The highest BCUT2D eigenvalue weighted by atomic mass is 16.7. The number of nitrogens with one attached hydrogen (secondary N) is 1. The SMILES string of the molecule is CC(=O)[C@@H](C(=O)ON1C(=O)N(Cc2ccccc2-c2ccccc2)[C@](C)(c2ccc(CN=N)cc2)C1=O)N(C(=O)[C@@H](N)CC(=O)O)c1ccccc1. The molecule has 0 spiro atoms. The number of nitrogens with two attached hydrogens (primary N) is 1. The molecule has 1 heterocycles. The number of ketones is 1. The number of urea groups is 1. The van der Waals surface area contributed by atoms with Gasteiger partial charge in [0.15, 0.2) is 11.8 Å². The van der Waals surface area contributed by atoms with Gasteiger partial charge >= 0.3 is 18.0 Å². The van der Waals surface area contributed by atoms with Gasteiger partial charge < -0.3 is 15.7 Å². The molecular weight excluding hydrogens is 668 g/mol. The van der Waals surface area contributed by atoms with Crippen molar-refractivity contribution in [2.75, 3.05) is 4.90 Å². The summed E-state index contributed by atoms with van der Waals surface area (Å²) in [6.45, 7) is 2.50. The molecule has 0 saturated carbocycles. The molecule has 14 heteroatoms. The summed E-state index contributed by atoms with van der Waals surface area (Å²) in [5.41, 5.74) is 14.8. The molecule has 52 heavy (non-hydrogen) atoms. The molecule has 4 aromatic carbocycles. The first-order chi connectivity index (χ1) is 24.9. The predicted octanol–water partition coefficient (Wildman–Crippen LogP) is 4.82. The average Bonchev–Trinajstić information content (AvgIpc) is 3.31. The molecule has 1 aliphatic heterocycles. The Kier molecular flexibility index (Phi) is 11.0. The number of carbonyl (C=O) groups excluding carboxylic acids is 5. The summed E-state index contributed by atoms with van der Waals surface area (Å²) in [6.07, 6.45) is -0.808. The number of nitrogens with zero attached hydrogens (tertiary/aromatic N) is 4. The monoisotopic (exact) mass is 704 g/mol. The van der Waals surface area contributed by atoms with Crippen LogP contribution < -0.4 is 10.6 Å². The van der Waals surface area contributed by atoms with Crippen LogP contribution in [0.1, 0.15) is 37.0 Å². The molecule has 5 rings (SSSR count). The van der Waals surface area contributed by atoms with E-state index in [1.54, 1.807) is 36.4 Å². The summed E-state index contributed by atoms with van der Waals surface area (Å²) < 4.78 is 0. The normalized spacial score (nSPS) is 16.6. The van der Waals surface area contributed by atoms with Gasteiger partial charge in [0.25, 0.3) is 5.91 Å². The number of amides is 4. The van der Waals surface area contributed by atoms with Crippen molar-refractivity contribution in [3.05, 3.63) is 126 Å². The van der Waals surface area contributed by atoms with Crippen molar-refractivity contribution in [3.8, 4) is 11.1 Å². The molecule has 4 aromatic rings. The van der Waals surface area contributed by atoms with Crippen molar-refractivity contribution in [1.82, 2.24) is 9.96 Å². The third-order valence-electron chi connectivity index (χ3n) is 8.78. The van der Waals surface area contributed by atoms with Gasteiger partial charge in [0.2, 0.25) is 5.91 Å². The lowest BCUT2D eigenvalue weighted by molar-refractivity contribution is -0.186. The van der Waals surface area contributed by atoms with Gasteiger partial charge in [0.05, 0.1) is 19.0 Å². The summed E-state index contributed by atoms with van der Waals surface area (Å²) >= 11 is 0. The lowest BCUT2D eigenvalue weighted by atomic mass is 9.89. The Morgan fingerprint density at radius 3 is 2.10 bits per heavy atom. The van der Waals surface area contributed by atoms with Gasteiger partial charge in [-0.05, 0) is 53.8 Å². The second-order valence-electron chi connectivity index (χ2n) is 12.2. The second kappa shape index (κ2) is 15.6. The topological polar surface area (TPSA) is 204 Å². The Hall–Kier alpha value is -6.54. The number of Topliss-reactive ketones (excluding diaryl/α,β-unsaturated/α-hetero) is 1. The molecule has 0 unspecified atom stereocenters. The summed E-state index contributed by atoms with van der Waals surface area (Å²) in [6, 6.07) is 26.0. The Balaban J connectivity index is 1.56. The maximum atomic E-state index is 14.4. The number of benzene rings is 4. The van der Waals surface area contributed by atoms with E-state index < -0.39 is 59.6 Å². The zero-order valence-corrected chi connectivity index (χ0v) is 28.3. The molecule has 1 fully saturated rings. The molecular formula is C38H36N6O8. The van der Waals surface area contributed by atoms with Gasteiger partial charge in [0.1, 0.15) is 5.54 Å². The Bertz CT molecular complexity index is 2010. The molecule has 0 bridgehead atoms. The number of carboxylic acids is 1. The van der Waals surface area contributed by atoms with E-state index in [4.69, 9.17) is 16.1 Å². The lowest BCUT2D eigenvalue weighted by Crippen LogP contribution is -2.56. The molecule has 1 saturated heterocycles. The summed E-state index contributed by atoms with van der Waals surface area (Å²) in [7, 11) is 0. The van der Waals surface area contributed by atoms with Crippen molar-refractivity contribution in [3.63, 3.8) is 0 Å². The Morgan fingerprint density at radius 2 is 1.50 bits per heavy atom. The first kappa shape index (κ1) is 36.7. The van der Waals surface area contributed by atoms with E-state index >= 15 is 0 Å². The zero-order chi connectivity index (χ0) is 37.6. The van der Waals surface area contributed by atoms with Crippen molar-refractivity contribution >= 4 is 41.3 Å². The molecule has 266 valence electrons. The third-order valence-corrected chi connectivity index (χ3v) is 8.78. The van der Waals surface area contributed by atoms with Crippen molar-refractivity contribution in [2.24, 2.45) is 10.8 Å². The van der Waals surface area contributed by atoms with E-state index in [9.17, 15) is 33.9 Å². The number of carboxylic acid groups (broad SMARTS) is 1. The van der Waals surface area contributed by atoms with Crippen LogP contribution in [0.2, 0.25) is 0 Å². The van der Waals surface area contributed by atoms with Crippen molar-refractivity contribution < 1.29 is 38.7 Å². The summed E-state index contributed by atoms with van der Waals surface area (Å²) in [4.78, 5) is 88.3. The van der Waals surface area contributed by atoms with E-state index in [2.05, 4.69) is 5.11 Å². The molecule has 4 N–H and O–H groups in total. The lowest BCUT2D eigenvalue weighted by Gasteiger charge is -2.32. The van der Waals surface area contributed by atoms with Gasteiger partial charge in [0, 0.05) is 12.2 Å². The fraction of sp³-hybridized carbons (Fsp3) is 0.211. The van der Waals surface area contributed by atoms with Gasteiger partial charge in [-0.25, -0.2) is 15.1 Å². The van der Waals surface area contributed by atoms with Crippen LogP contribution in [-0.4, -0.2) is 62.7 Å². The molecule has 0 aromatic heterocycles. The summed E-state index contributed by atoms with van der Waals surface area (Å²) in [5, 5.41) is 13.0. The van der Waals surface area contributed by atoms with Crippen LogP contribution in [-0.2, 0) is 47.4 Å². The minimum Gasteiger partial charge on any atom is -0.481 e. The Morgan fingerprint density at radius 1 is 0.904 bits per heavy atom. The smallest absolute Gasteiger partial charge is 0.363 e. The minimum atomic E-state index is -2.05. The van der Waals surface area contributed by atoms with E-state index in [0.717, 1.165) is 18.1 Å². The van der Waals surface area contributed by atoms with Crippen LogP contribution in [0, 0.1) is 5.53 Å². The van der Waals surface area contributed by atoms with E-state index in [1.165, 1.54) is 36.1 Å². The number of hydrogen-bond acceptors (Lipinski definition) is 10. The highest BCUT2D eigenvalue weighted by Crippen LogP contribution is 2.40. The number of rotatable bonds is 14. The Labute approximate surface area is 298 Å². The zero-order valence-electron chi connectivity index (χ0n) is 28.3. The highest BCUT2D eigenvalue weighted by molar-refractivity contribution is 6.15. The van der Waals surface area contributed by atoms with Crippen molar-refractivity contribution in [1.29, 1.82) is 5.53 Å². The summed E-state index contributed by atoms with van der Waals surface area (Å²) in [5.74, 6) is -5.78. The van der Waals surface area contributed by atoms with Gasteiger partial charge in [-0.15, -0.1) is 0 Å². The number of hydrogen-bond donors (Lipinski definition) is 3. The average molecular weight is 705 g/mol. The molecule has 0 radical (unpaired) electrons. The number of anilines is 1. The molecule has 1 aliphatic rings. The maximum absolute atomic E-state index is 14.4. The molecule has 14 nitrogen and oxygen atoms in total. The van der Waals surface area contributed by atoms with Gasteiger partial charge in [-0.1, -0.05) is 102 Å². The first-order valence-corrected chi connectivity index (χ1v) is 16.2. The van der Waals surface area contributed by atoms with Crippen LogP contribution in [0.15, 0.2) is 114 Å². The number of carbonyl (C=O) groups is 6. The second-order valence-corrected chi connectivity index (χ2v) is 12.2. The van der Waals surface area contributed by atoms with Gasteiger partial charge in [-0.2, -0.15) is 5.11 Å². The van der Waals surface area contributed by atoms with E-state index in [1.807, 2.05) is 48.5 Å². The predicted molar refractivity (Wildman–Crippen MR) is 187 cm³/mol. The number of aliphatic carboxylic acids is 1. The quantitative estimate of drug-likeness (QED) is 0.0934. The maximum Gasteiger partial charge on any atom is 0.363 e. The van der Waals surface area contributed by atoms with Crippen molar-refractivity contribution in [2.45, 2.75) is 51.0 Å². The van der Waals surface area contributed by atoms with Gasteiger partial charge in [-0.3, -0.25) is 29.0 Å². The van der Waals surface area contributed by atoms with Crippen LogP contribution in [0.5, 0.6) is 0 Å². The fourth-order valence-corrected chi connectivity index (χ4v) is 6.08. The number of hydroxylamine groups is 2. The fourth-order valence-electron chi connectivity index (χ4n) is 6.08. The number of imide groups is 1. The number of para-hydroxylation sites is 1. The molecule has 3 atom stereocenters. The standard InChI is InChI=1S/C38H36N6O8/c1-24(45)33(43(29-14-7-4-8-15-29)34(48)31(39)21-32(46)47)35(49)52-44-36(50)38(2,28-19-17-25(18-20-28)22-41-40)42(37(44)51)23-27-13-9-10-16-30(27)26-11-5-3-6-12-26/h3-20,31,33,40H,21-23,39H2,1-2H3,(H,46,47)/t31-,33-,38+/m0/s1. The minimum absolute atomic E-state index is 0.0213. The van der Waals surface area contributed by atoms with E-state index in [-0.39, 0.29) is 23.8 Å². The highest BCUT2D eigenvalue weighted by Gasteiger charge is 2.58. The molecule has 4 amide bonds. The van der Waals surface area contributed by atoms with Crippen LogP contribution >= 0.6 is 0 Å². The molecule has 0 aliphatic carbocycles. The van der Waals surface area contributed by atoms with E-state index in [0.29, 0.717) is 21.6 Å².